The highest BCUT2D eigenvalue weighted by Gasteiger charge is 2.48. The van der Waals surface area contributed by atoms with E-state index in [4.69, 9.17) is 16.3 Å². The molecule has 1 aliphatic heterocycles. The summed E-state index contributed by atoms with van der Waals surface area (Å²) in [6.07, 6.45) is 0.441. The topological polar surface area (TPSA) is 80.6 Å². The van der Waals surface area contributed by atoms with Crippen molar-refractivity contribution >= 4 is 34.5 Å². The normalized spacial score (nSPS) is 17.1. The Hall–Kier alpha value is -3.34. The monoisotopic (exact) mass is 549 g/mol. The molecule has 0 unspecified atom stereocenters. The zero-order valence-corrected chi connectivity index (χ0v) is 21.6. The standard InChI is InChI=1S/C26H27ClF3N5O3/c1-2-9-38-24(37)34-8-7-33(14-25(15-34)5-6-25)23(36)17-3-4-19-20(27)11-21(32-22(19)10-17)18-12-31-35(13-18)16-26(28,29)30/h3-4,10-13H,2,5-9,14-16H2,1H3. The van der Waals surface area contributed by atoms with Gasteiger partial charge in [-0.05, 0) is 37.5 Å². The van der Waals surface area contributed by atoms with Gasteiger partial charge in [0, 0.05) is 54.3 Å². The van der Waals surface area contributed by atoms with Gasteiger partial charge < -0.3 is 14.5 Å². The predicted molar refractivity (Wildman–Crippen MR) is 135 cm³/mol. The minimum absolute atomic E-state index is 0.112. The van der Waals surface area contributed by atoms with E-state index in [9.17, 15) is 22.8 Å². The van der Waals surface area contributed by atoms with Gasteiger partial charge in [0.25, 0.3) is 5.91 Å². The van der Waals surface area contributed by atoms with Gasteiger partial charge in [-0.25, -0.2) is 9.78 Å². The number of halogens is 4. The van der Waals surface area contributed by atoms with Crippen LogP contribution >= 0.6 is 11.6 Å². The first-order valence-corrected chi connectivity index (χ1v) is 12.8. The zero-order chi connectivity index (χ0) is 27.1. The van der Waals surface area contributed by atoms with Crippen molar-refractivity contribution in [2.24, 2.45) is 5.41 Å². The number of pyridine rings is 1. The summed E-state index contributed by atoms with van der Waals surface area (Å²) in [6, 6.07) is 6.62. The second-order valence-corrected chi connectivity index (χ2v) is 10.4. The van der Waals surface area contributed by atoms with Crippen LogP contribution in [0.1, 0.15) is 36.5 Å². The Morgan fingerprint density at radius 3 is 2.58 bits per heavy atom. The maximum absolute atomic E-state index is 13.5. The molecule has 2 aliphatic rings. The smallest absolute Gasteiger partial charge is 0.409 e. The number of fused-ring (bicyclic) bond motifs is 1. The van der Waals surface area contributed by atoms with E-state index in [1.807, 2.05) is 6.92 Å². The number of aromatic nitrogens is 3. The second-order valence-electron chi connectivity index (χ2n) is 10.0. The van der Waals surface area contributed by atoms with E-state index in [1.54, 1.807) is 34.1 Å². The maximum atomic E-state index is 13.5. The summed E-state index contributed by atoms with van der Waals surface area (Å²) < 4.78 is 44.3. The summed E-state index contributed by atoms with van der Waals surface area (Å²) in [5.74, 6) is -0.178. The minimum atomic E-state index is -4.40. The highest BCUT2D eigenvalue weighted by molar-refractivity contribution is 6.35. The number of hydrogen-bond donors (Lipinski definition) is 0. The number of amides is 2. The van der Waals surface area contributed by atoms with Gasteiger partial charge in [-0.15, -0.1) is 0 Å². The molecule has 1 saturated heterocycles. The number of rotatable bonds is 5. The molecule has 0 N–H and O–H groups in total. The number of ether oxygens (including phenoxy) is 1. The molecule has 38 heavy (non-hydrogen) atoms. The molecule has 1 spiro atoms. The molecule has 3 heterocycles. The first-order valence-electron chi connectivity index (χ1n) is 12.5. The number of carbonyl (C=O) groups excluding carboxylic acids is 2. The predicted octanol–water partition coefficient (Wildman–Crippen LogP) is 5.40. The molecule has 1 aliphatic carbocycles. The van der Waals surface area contributed by atoms with Crippen LogP contribution in [-0.2, 0) is 11.3 Å². The molecule has 0 radical (unpaired) electrons. The van der Waals surface area contributed by atoms with Crippen molar-refractivity contribution in [1.29, 1.82) is 0 Å². The van der Waals surface area contributed by atoms with Gasteiger partial charge in [0.1, 0.15) is 6.54 Å². The van der Waals surface area contributed by atoms with E-state index in [0.29, 0.717) is 65.5 Å². The van der Waals surface area contributed by atoms with Crippen LogP contribution in [0.5, 0.6) is 0 Å². The van der Waals surface area contributed by atoms with E-state index in [-0.39, 0.29) is 17.4 Å². The van der Waals surface area contributed by atoms with Crippen LogP contribution < -0.4 is 0 Å². The van der Waals surface area contributed by atoms with Crippen molar-refractivity contribution in [1.82, 2.24) is 24.6 Å². The van der Waals surface area contributed by atoms with E-state index in [0.717, 1.165) is 23.9 Å². The lowest BCUT2D eigenvalue weighted by Gasteiger charge is -2.24. The number of benzene rings is 1. The van der Waals surface area contributed by atoms with E-state index >= 15 is 0 Å². The molecule has 0 atom stereocenters. The van der Waals surface area contributed by atoms with Crippen LogP contribution in [0.25, 0.3) is 22.2 Å². The van der Waals surface area contributed by atoms with Gasteiger partial charge in [-0.1, -0.05) is 24.6 Å². The van der Waals surface area contributed by atoms with Gasteiger partial charge in [-0.2, -0.15) is 18.3 Å². The largest absolute Gasteiger partial charge is 0.449 e. The van der Waals surface area contributed by atoms with Gasteiger partial charge in [-0.3, -0.25) is 9.48 Å². The Kier molecular flexibility index (Phi) is 6.97. The van der Waals surface area contributed by atoms with E-state index < -0.39 is 12.7 Å². The molecule has 2 fully saturated rings. The van der Waals surface area contributed by atoms with Gasteiger partial charge in [0.2, 0.25) is 0 Å². The highest BCUT2D eigenvalue weighted by atomic mass is 35.5. The van der Waals surface area contributed by atoms with Crippen molar-refractivity contribution in [3.05, 3.63) is 47.2 Å². The molecule has 2 amide bonds. The summed E-state index contributed by atoms with van der Waals surface area (Å²) >= 11 is 6.46. The van der Waals surface area contributed by atoms with Crippen molar-refractivity contribution < 1.29 is 27.5 Å². The third-order valence-electron chi connectivity index (χ3n) is 6.90. The highest BCUT2D eigenvalue weighted by Crippen LogP contribution is 2.48. The third-order valence-corrected chi connectivity index (χ3v) is 7.21. The molecule has 12 heteroatoms. The van der Waals surface area contributed by atoms with Crippen LogP contribution in [0.4, 0.5) is 18.0 Å². The summed E-state index contributed by atoms with van der Waals surface area (Å²) in [6.45, 7) is 2.98. The summed E-state index contributed by atoms with van der Waals surface area (Å²) in [5, 5.41) is 4.75. The first kappa shape index (κ1) is 26.3. The Morgan fingerprint density at radius 1 is 1.13 bits per heavy atom. The molecule has 3 aromatic rings. The second kappa shape index (κ2) is 10.1. The first-order chi connectivity index (χ1) is 18.1. The Balaban J connectivity index is 1.38. The average Bonchev–Trinajstić information content (AvgIpc) is 3.53. The Bertz CT molecular complexity index is 1370. The minimum Gasteiger partial charge on any atom is -0.449 e. The van der Waals surface area contributed by atoms with Crippen LogP contribution in [-0.4, -0.2) is 75.5 Å². The van der Waals surface area contributed by atoms with E-state index in [2.05, 4.69) is 10.1 Å². The Labute approximate surface area is 222 Å². The van der Waals surface area contributed by atoms with Crippen LogP contribution in [0.15, 0.2) is 36.7 Å². The number of alkyl halides is 3. The van der Waals surface area contributed by atoms with Crippen LogP contribution in [0, 0.1) is 5.41 Å². The van der Waals surface area contributed by atoms with Crippen LogP contribution in [0.3, 0.4) is 0 Å². The van der Waals surface area contributed by atoms with Gasteiger partial charge in [0.05, 0.1) is 29.0 Å². The lowest BCUT2D eigenvalue weighted by atomic mass is 10.1. The maximum Gasteiger partial charge on any atom is 0.409 e. The summed E-state index contributed by atoms with van der Waals surface area (Å²) in [7, 11) is 0. The summed E-state index contributed by atoms with van der Waals surface area (Å²) in [5.41, 5.74) is 1.49. The molecular formula is C26H27ClF3N5O3. The van der Waals surface area contributed by atoms with Crippen molar-refractivity contribution in [2.45, 2.75) is 38.9 Å². The molecule has 2 aromatic heterocycles. The third kappa shape index (κ3) is 5.72. The average molecular weight is 550 g/mol. The molecule has 0 bridgehead atoms. The lowest BCUT2D eigenvalue weighted by molar-refractivity contribution is -0.142. The van der Waals surface area contributed by atoms with Gasteiger partial charge in [0.15, 0.2) is 0 Å². The number of carbonyl (C=O) groups is 2. The molecule has 1 aromatic carbocycles. The number of nitrogens with zero attached hydrogens (tertiary/aromatic N) is 5. The Morgan fingerprint density at radius 2 is 1.87 bits per heavy atom. The van der Waals surface area contributed by atoms with Crippen molar-refractivity contribution in [3.63, 3.8) is 0 Å². The van der Waals surface area contributed by atoms with Crippen LogP contribution in [0.2, 0.25) is 5.02 Å². The molecule has 8 nitrogen and oxygen atoms in total. The fraction of sp³-hybridized carbons (Fsp3) is 0.462. The number of hydrogen-bond acceptors (Lipinski definition) is 5. The fourth-order valence-electron chi connectivity index (χ4n) is 4.78. The van der Waals surface area contributed by atoms with Crippen molar-refractivity contribution in [3.8, 4) is 11.3 Å². The lowest BCUT2D eigenvalue weighted by Crippen LogP contribution is -2.37. The quantitative estimate of drug-likeness (QED) is 0.426. The molecular weight excluding hydrogens is 523 g/mol. The fourth-order valence-corrected chi connectivity index (χ4v) is 5.04. The van der Waals surface area contributed by atoms with Crippen molar-refractivity contribution in [2.75, 3.05) is 32.8 Å². The van der Waals surface area contributed by atoms with E-state index in [1.165, 1.54) is 12.4 Å². The molecule has 5 rings (SSSR count). The molecule has 202 valence electrons. The summed E-state index contributed by atoms with van der Waals surface area (Å²) in [4.78, 5) is 34.1. The zero-order valence-electron chi connectivity index (χ0n) is 20.8. The molecule has 1 saturated carbocycles. The van der Waals surface area contributed by atoms with Gasteiger partial charge >= 0.3 is 12.3 Å². The SMILES string of the molecule is CCCOC(=O)N1CCN(C(=O)c2ccc3c(Cl)cc(-c4cnn(CC(F)(F)F)c4)nc3c2)CC2(CC2)C1.